The number of carboxylic acid groups (broad SMARTS) is 1. The highest BCUT2D eigenvalue weighted by Crippen LogP contribution is 2.49. The molecule has 33 heavy (non-hydrogen) atoms. The van der Waals surface area contributed by atoms with E-state index in [2.05, 4.69) is 0 Å². The fraction of sp³-hybridized carbons (Fsp3) is 0.250. The monoisotopic (exact) mass is 494 g/mol. The van der Waals surface area contributed by atoms with Gasteiger partial charge < -0.3 is 9.67 Å². The average Bonchev–Trinajstić information content (AvgIpc) is 3.02. The predicted octanol–water partition coefficient (Wildman–Crippen LogP) is 7.69. The largest absolute Gasteiger partial charge is 0.480 e. The topological polar surface area (TPSA) is 66.0 Å². The van der Waals surface area contributed by atoms with Gasteiger partial charge in [0, 0.05) is 15.6 Å². The van der Waals surface area contributed by atoms with E-state index in [-0.39, 0.29) is 22.4 Å². The van der Waals surface area contributed by atoms with Crippen molar-refractivity contribution >= 4 is 29.2 Å². The van der Waals surface area contributed by atoms with E-state index >= 15 is 0 Å². The molecule has 1 atom stereocenters. The molecular weight excluding hydrogens is 476 g/mol. The first kappa shape index (κ1) is 24.7. The fourth-order valence-corrected chi connectivity index (χ4v) is 4.14. The van der Waals surface area contributed by atoms with Gasteiger partial charge in [-0.1, -0.05) is 68.2 Å². The summed E-state index contributed by atoms with van der Waals surface area (Å²) < 4.78 is 44.6. The van der Waals surface area contributed by atoms with E-state index in [1.807, 2.05) is 6.07 Å². The summed E-state index contributed by atoms with van der Waals surface area (Å²) in [7, 11) is 0. The number of nitriles is 1. The van der Waals surface area contributed by atoms with Gasteiger partial charge in [0.05, 0.1) is 11.3 Å². The van der Waals surface area contributed by atoms with Gasteiger partial charge in [0.2, 0.25) is 0 Å². The average molecular weight is 495 g/mol. The number of aromatic nitrogens is 1. The van der Waals surface area contributed by atoms with Crippen LogP contribution in [0.2, 0.25) is 10.0 Å². The molecule has 0 radical (unpaired) electrons. The Morgan fingerprint density at radius 1 is 0.970 bits per heavy atom. The lowest BCUT2D eigenvalue weighted by atomic mass is 9.86. The summed E-state index contributed by atoms with van der Waals surface area (Å²) in [5, 5.41) is 20.7. The van der Waals surface area contributed by atoms with Crippen molar-refractivity contribution in [2.24, 2.45) is 5.41 Å². The van der Waals surface area contributed by atoms with Crippen LogP contribution in [0.3, 0.4) is 0 Å². The molecule has 0 amide bonds. The molecule has 3 rings (SSSR count). The lowest BCUT2D eigenvalue weighted by molar-refractivity contribution is -0.151. The van der Waals surface area contributed by atoms with E-state index in [1.165, 1.54) is 69.3 Å². The number of hydrogen-bond donors (Lipinski definition) is 1. The first-order chi connectivity index (χ1) is 15.3. The first-order valence-electron chi connectivity index (χ1n) is 9.77. The Kier molecular flexibility index (Phi) is 6.56. The van der Waals surface area contributed by atoms with Crippen LogP contribution in [0, 0.1) is 16.7 Å². The van der Waals surface area contributed by atoms with Crippen LogP contribution in [0.5, 0.6) is 0 Å². The quantitative estimate of drug-likeness (QED) is 0.404. The van der Waals surface area contributed by atoms with Crippen molar-refractivity contribution in [2.75, 3.05) is 0 Å². The number of hydrogen-bond acceptors (Lipinski definition) is 2. The van der Waals surface area contributed by atoms with Crippen molar-refractivity contribution < 1.29 is 23.1 Å². The lowest BCUT2D eigenvalue weighted by Crippen LogP contribution is -2.34. The molecule has 0 bridgehead atoms. The molecule has 2 aromatic carbocycles. The van der Waals surface area contributed by atoms with Crippen molar-refractivity contribution in [3.63, 3.8) is 0 Å². The molecule has 1 aromatic heterocycles. The normalized spacial score (nSPS) is 12.9. The number of alkyl halides is 3. The summed E-state index contributed by atoms with van der Waals surface area (Å²) in [6.07, 6.45) is -4.97. The summed E-state index contributed by atoms with van der Waals surface area (Å²) in [5.74, 6) is -1.45. The fourth-order valence-electron chi connectivity index (χ4n) is 3.89. The van der Waals surface area contributed by atoms with E-state index < -0.39 is 34.9 Å². The minimum Gasteiger partial charge on any atom is -0.480 e. The predicted molar refractivity (Wildman–Crippen MR) is 121 cm³/mol. The Balaban J connectivity index is 2.61. The molecule has 1 unspecified atom stereocenters. The molecule has 9 heteroatoms. The van der Waals surface area contributed by atoms with E-state index in [0.717, 1.165) is 4.57 Å². The summed E-state index contributed by atoms with van der Waals surface area (Å²) in [6.45, 7) is 4.60. The van der Waals surface area contributed by atoms with Gasteiger partial charge in [-0.25, -0.2) is 4.79 Å². The van der Waals surface area contributed by atoms with Crippen molar-refractivity contribution in [3.8, 4) is 28.5 Å². The first-order valence-corrected chi connectivity index (χ1v) is 10.5. The number of benzene rings is 2. The highest BCUT2D eigenvalue weighted by molar-refractivity contribution is 6.31. The number of nitrogens with zero attached hydrogens (tertiary/aromatic N) is 2. The molecule has 0 saturated heterocycles. The maximum absolute atomic E-state index is 14.6. The molecule has 1 heterocycles. The van der Waals surface area contributed by atoms with Crippen LogP contribution in [0.25, 0.3) is 22.4 Å². The molecule has 172 valence electrons. The minimum atomic E-state index is -4.97. The standard InChI is InChI=1S/C24H19Cl2F3N2O2/c1-23(2,3)21(22(32)33)31-19(14-6-10-16(26)11-7-14)17(12-30)18(20(31)24(27,28)29)13-4-8-15(25)9-5-13/h4-11,21H,1-3H3,(H,32,33). The molecular formula is C24H19Cl2F3N2O2. The molecule has 4 nitrogen and oxygen atoms in total. The van der Waals surface area contributed by atoms with Gasteiger partial charge in [-0.2, -0.15) is 18.4 Å². The zero-order valence-corrected chi connectivity index (χ0v) is 19.3. The second-order valence-corrected chi connectivity index (χ2v) is 9.42. The Bertz CT molecular complexity index is 1230. The number of rotatable bonds is 4. The van der Waals surface area contributed by atoms with Gasteiger partial charge in [0.25, 0.3) is 0 Å². The van der Waals surface area contributed by atoms with Crippen molar-refractivity contribution in [2.45, 2.75) is 33.0 Å². The third kappa shape index (κ3) is 4.73. The summed E-state index contributed by atoms with van der Waals surface area (Å²) in [6, 6.07) is 11.7. The molecule has 0 spiro atoms. The van der Waals surface area contributed by atoms with Crippen LogP contribution in [-0.4, -0.2) is 15.6 Å². The molecule has 0 saturated carbocycles. The number of carboxylic acids is 1. The highest BCUT2D eigenvalue weighted by atomic mass is 35.5. The molecule has 0 aliphatic carbocycles. The third-order valence-corrected chi connectivity index (χ3v) is 5.65. The number of aliphatic carboxylic acids is 1. The molecule has 0 fully saturated rings. The van der Waals surface area contributed by atoms with Crippen LogP contribution in [0.4, 0.5) is 13.2 Å². The van der Waals surface area contributed by atoms with Crippen LogP contribution < -0.4 is 0 Å². The minimum absolute atomic E-state index is 0.0929. The van der Waals surface area contributed by atoms with E-state index in [0.29, 0.717) is 10.0 Å². The number of carbonyl (C=O) groups is 1. The summed E-state index contributed by atoms with van der Waals surface area (Å²) in [5.41, 5.74) is -2.85. The van der Waals surface area contributed by atoms with Gasteiger partial charge >= 0.3 is 12.1 Å². The van der Waals surface area contributed by atoms with E-state index in [1.54, 1.807) is 0 Å². The lowest BCUT2D eigenvalue weighted by Gasteiger charge is -2.32. The van der Waals surface area contributed by atoms with Gasteiger partial charge in [-0.05, 0) is 40.8 Å². The molecule has 3 aromatic rings. The van der Waals surface area contributed by atoms with Crippen LogP contribution in [0.15, 0.2) is 48.5 Å². The van der Waals surface area contributed by atoms with Crippen LogP contribution in [-0.2, 0) is 11.0 Å². The SMILES string of the molecule is CC(C)(C)C(C(=O)O)n1c(-c2ccc(Cl)cc2)c(C#N)c(-c2ccc(Cl)cc2)c1C(F)(F)F. The zero-order chi connectivity index (χ0) is 24.7. The van der Waals surface area contributed by atoms with Crippen molar-refractivity contribution in [1.29, 1.82) is 5.26 Å². The summed E-state index contributed by atoms with van der Waals surface area (Å²) in [4.78, 5) is 12.3. The Hall–Kier alpha value is -2.95. The van der Waals surface area contributed by atoms with Gasteiger partial charge in [0.1, 0.15) is 17.8 Å². The Morgan fingerprint density at radius 2 is 1.42 bits per heavy atom. The number of halogens is 5. The van der Waals surface area contributed by atoms with Crippen LogP contribution in [0.1, 0.15) is 38.1 Å². The molecule has 1 N–H and O–H groups in total. The Morgan fingerprint density at radius 3 is 1.79 bits per heavy atom. The van der Waals surface area contributed by atoms with Gasteiger partial charge in [-0.15, -0.1) is 0 Å². The highest BCUT2D eigenvalue weighted by Gasteiger charge is 2.47. The zero-order valence-electron chi connectivity index (χ0n) is 17.8. The van der Waals surface area contributed by atoms with E-state index in [4.69, 9.17) is 23.2 Å². The maximum atomic E-state index is 14.6. The van der Waals surface area contributed by atoms with Crippen molar-refractivity contribution in [3.05, 3.63) is 69.8 Å². The second-order valence-electron chi connectivity index (χ2n) is 8.55. The van der Waals surface area contributed by atoms with Crippen LogP contribution >= 0.6 is 23.2 Å². The van der Waals surface area contributed by atoms with E-state index in [9.17, 15) is 28.3 Å². The van der Waals surface area contributed by atoms with Crippen molar-refractivity contribution in [1.82, 2.24) is 4.57 Å². The van der Waals surface area contributed by atoms with Gasteiger partial charge in [-0.3, -0.25) is 0 Å². The summed E-state index contributed by atoms with van der Waals surface area (Å²) >= 11 is 11.9. The smallest absolute Gasteiger partial charge is 0.432 e. The molecule has 0 aliphatic heterocycles. The maximum Gasteiger partial charge on any atom is 0.432 e. The molecule has 0 aliphatic rings. The Labute approximate surface area is 198 Å². The van der Waals surface area contributed by atoms with Gasteiger partial charge in [0.15, 0.2) is 0 Å². The third-order valence-electron chi connectivity index (χ3n) is 5.15. The second kappa shape index (κ2) is 8.77.